The van der Waals surface area contributed by atoms with Gasteiger partial charge in [-0.25, -0.2) is 13.5 Å². The van der Waals surface area contributed by atoms with Gasteiger partial charge in [0.05, 0.1) is 16.2 Å². The fraction of sp³-hybridized carbons (Fsp3) is 0.0667. The number of hydrogen-bond donors (Lipinski definition) is 4. The molecular weight excluding hydrogens is 538 g/mol. The molecule has 0 saturated heterocycles. The first-order chi connectivity index (χ1) is 20.0. The molecule has 204 valence electrons. The number of aromatic nitrogens is 4. The van der Waals surface area contributed by atoms with Crippen molar-refractivity contribution in [2.24, 2.45) is 0 Å². The normalized spacial score (nSPS) is 13.8. The van der Waals surface area contributed by atoms with Crippen LogP contribution in [0.1, 0.15) is 22.5 Å². The maximum atomic E-state index is 13.3. The Kier molecular flexibility index (Phi) is 7.00. The average molecular weight is 564 g/mol. The van der Waals surface area contributed by atoms with Crippen LogP contribution in [0.3, 0.4) is 0 Å². The SMILES string of the molecule is O=C1Nc2ccc(S(=O)(=O)Nc3ccccc3)cc2/C1=C(/Nc1ccc(CCc2nnn[nH]2)cc1)c1ccccc1. The zero-order valence-corrected chi connectivity index (χ0v) is 22.5. The number of nitrogens with zero attached hydrogens (tertiary/aromatic N) is 3. The summed E-state index contributed by atoms with van der Waals surface area (Å²) >= 11 is 0. The molecule has 4 N–H and O–H groups in total. The van der Waals surface area contributed by atoms with E-state index in [-0.39, 0.29) is 10.8 Å². The highest BCUT2D eigenvalue weighted by molar-refractivity contribution is 7.92. The van der Waals surface area contributed by atoms with Crippen LogP contribution in [0.2, 0.25) is 0 Å². The van der Waals surface area contributed by atoms with Gasteiger partial charge >= 0.3 is 0 Å². The van der Waals surface area contributed by atoms with Crippen LogP contribution in [-0.2, 0) is 27.7 Å². The number of sulfonamides is 1. The fourth-order valence-electron chi connectivity index (χ4n) is 4.61. The summed E-state index contributed by atoms with van der Waals surface area (Å²) in [5, 5.41) is 20.2. The summed E-state index contributed by atoms with van der Waals surface area (Å²) in [4.78, 5) is 13.4. The Morgan fingerprint density at radius 3 is 2.24 bits per heavy atom. The minimum atomic E-state index is -3.90. The van der Waals surface area contributed by atoms with Crippen LogP contribution >= 0.6 is 0 Å². The number of hydrogen-bond acceptors (Lipinski definition) is 7. The van der Waals surface area contributed by atoms with E-state index in [1.165, 1.54) is 12.1 Å². The highest BCUT2D eigenvalue weighted by atomic mass is 32.2. The van der Waals surface area contributed by atoms with Crippen molar-refractivity contribution in [1.29, 1.82) is 0 Å². The Morgan fingerprint density at radius 2 is 1.54 bits per heavy atom. The Bertz CT molecular complexity index is 1820. The lowest BCUT2D eigenvalue weighted by Crippen LogP contribution is -2.13. The van der Waals surface area contributed by atoms with E-state index in [2.05, 4.69) is 36.0 Å². The molecule has 0 fully saturated rings. The summed E-state index contributed by atoms with van der Waals surface area (Å²) in [7, 11) is -3.90. The molecule has 6 rings (SSSR count). The quantitative estimate of drug-likeness (QED) is 0.190. The van der Waals surface area contributed by atoms with Crippen molar-refractivity contribution in [3.8, 4) is 0 Å². The van der Waals surface area contributed by atoms with Gasteiger partial charge in [0.2, 0.25) is 0 Å². The number of tetrazole rings is 1. The molecule has 2 heterocycles. The van der Waals surface area contributed by atoms with E-state index in [4.69, 9.17) is 0 Å². The van der Waals surface area contributed by atoms with E-state index in [1.807, 2.05) is 60.7 Å². The van der Waals surface area contributed by atoms with Gasteiger partial charge < -0.3 is 10.6 Å². The Labute approximate surface area is 236 Å². The Balaban J connectivity index is 1.35. The highest BCUT2D eigenvalue weighted by Crippen LogP contribution is 2.39. The second kappa shape index (κ2) is 11.1. The van der Waals surface area contributed by atoms with Gasteiger partial charge in [0, 0.05) is 29.0 Å². The summed E-state index contributed by atoms with van der Waals surface area (Å²) in [6.45, 7) is 0. The van der Waals surface area contributed by atoms with Crippen LogP contribution in [0.15, 0.2) is 108 Å². The van der Waals surface area contributed by atoms with Gasteiger partial charge in [-0.15, -0.1) is 5.10 Å². The molecule has 4 aromatic carbocycles. The number of H-pyrrole nitrogens is 1. The molecule has 0 spiro atoms. The smallest absolute Gasteiger partial charge is 0.261 e. The molecule has 1 amide bonds. The highest BCUT2D eigenvalue weighted by Gasteiger charge is 2.30. The van der Waals surface area contributed by atoms with Crippen LogP contribution in [-0.4, -0.2) is 34.9 Å². The third kappa shape index (κ3) is 5.70. The average Bonchev–Trinajstić information content (AvgIpc) is 3.63. The molecule has 0 bridgehead atoms. The number of rotatable bonds is 9. The van der Waals surface area contributed by atoms with Gasteiger partial charge in [0.1, 0.15) is 5.82 Å². The molecule has 11 heteroatoms. The minimum Gasteiger partial charge on any atom is -0.354 e. The number of carbonyl (C=O) groups is 1. The van der Waals surface area contributed by atoms with Crippen LogP contribution in [0.25, 0.3) is 11.3 Å². The number of nitrogens with one attached hydrogen (secondary N) is 4. The molecule has 1 aliphatic heterocycles. The molecular formula is C30H25N7O3S. The van der Waals surface area contributed by atoms with Crippen molar-refractivity contribution < 1.29 is 13.2 Å². The lowest BCUT2D eigenvalue weighted by Gasteiger charge is -2.15. The maximum Gasteiger partial charge on any atom is 0.261 e. The molecule has 0 saturated carbocycles. The predicted octanol–water partition coefficient (Wildman–Crippen LogP) is 4.72. The number of anilines is 3. The van der Waals surface area contributed by atoms with Crippen molar-refractivity contribution in [3.63, 3.8) is 0 Å². The number of amides is 1. The molecule has 1 aromatic heterocycles. The van der Waals surface area contributed by atoms with Crippen LogP contribution in [0, 0.1) is 0 Å². The monoisotopic (exact) mass is 563 g/mol. The van der Waals surface area contributed by atoms with E-state index in [0.717, 1.165) is 29.1 Å². The minimum absolute atomic E-state index is 0.0489. The summed E-state index contributed by atoms with van der Waals surface area (Å²) in [6, 6.07) is 30.6. The van der Waals surface area contributed by atoms with Gasteiger partial charge in [-0.1, -0.05) is 60.7 Å². The van der Waals surface area contributed by atoms with Crippen LogP contribution in [0.5, 0.6) is 0 Å². The summed E-state index contributed by atoms with van der Waals surface area (Å²) in [5.74, 6) is 0.392. The molecule has 5 aromatic rings. The van der Waals surface area contributed by atoms with E-state index >= 15 is 0 Å². The standard InChI is InChI=1S/C30H25N7O3S/c38-30-28(25-19-24(16-17-26(25)32-30)41(39,40)35-23-9-5-2-6-10-23)29(21-7-3-1-4-8-21)31-22-14-11-20(12-15-22)13-18-27-33-36-37-34-27/h1-12,14-17,19,31,35H,13,18H2,(H,32,38)(H,33,34,36,37)/b29-28-. The molecule has 41 heavy (non-hydrogen) atoms. The molecule has 0 atom stereocenters. The number of para-hydroxylation sites is 1. The molecule has 0 aliphatic carbocycles. The molecule has 0 radical (unpaired) electrons. The molecule has 1 aliphatic rings. The van der Waals surface area contributed by atoms with E-state index < -0.39 is 10.0 Å². The van der Waals surface area contributed by atoms with Crippen molar-refractivity contribution in [2.45, 2.75) is 17.7 Å². The van der Waals surface area contributed by atoms with Gasteiger partial charge in [-0.05, 0) is 70.4 Å². The first kappa shape index (κ1) is 26.0. The van der Waals surface area contributed by atoms with E-state index in [9.17, 15) is 13.2 Å². The molecule has 0 unspecified atom stereocenters. The van der Waals surface area contributed by atoms with E-state index in [0.29, 0.717) is 34.6 Å². The second-order valence-electron chi connectivity index (χ2n) is 9.42. The van der Waals surface area contributed by atoms with Crippen molar-refractivity contribution >= 4 is 44.3 Å². The predicted molar refractivity (Wildman–Crippen MR) is 157 cm³/mol. The second-order valence-corrected chi connectivity index (χ2v) is 11.1. The number of benzene rings is 4. The van der Waals surface area contributed by atoms with Crippen molar-refractivity contribution in [2.75, 3.05) is 15.4 Å². The maximum absolute atomic E-state index is 13.3. The van der Waals surface area contributed by atoms with Gasteiger partial charge in [-0.2, -0.15) is 0 Å². The number of carbonyl (C=O) groups excluding carboxylic acids is 1. The lowest BCUT2D eigenvalue weighted by molar-refractivity contribution is -0.110. The van der Waals surface area contributed by atoms with Crippen molar-refractivity contribution in [1.82, 2.24) is 20.6 Å². The van der Waals surface area contributed by atoms with Gasteiger partial charge in [0.15, 0.2) is 0 Å². The number of aromatic amines is 1. The van der Waals surface area contributed by atoms with Gasteiger partial charge in [-0.3, -0.25) is 9.52 Å². The van der Waals surface area contributed by atoms with Crippen molar-refractivity contribution in [3.05, 3.63) is 126 Å². The zero-order chi connectivity index (χ0) is 28.2. The lowest BCUT2D eigenvalue weighted by atomic mass is 10.00. The first-order valence-corrected chi connectivity index (χ1v) is 14.4. The van der Waals surface area contributed by atoms with Crippen LogP contribution in [0.4, 0.5) is 17.1 Å². The van der Waals surface area contributed by atoms with E-state index in [1.54, 1.807) is 30.3 Å². The zero-order valence-electron chi connectivity index (χ0n) is 21.7. The first-order valence-electron chi connectivity index (χ1n) is 12.9. The number of aryl methyl sites for hydroxylation is 2. The topological polar surface area (TPSA) is 142 Å². The summed E-state index contributed by atoms with van der Waals surface area (Å²) < 4.78 is 29.0. The summed E-state index contributed by atoms with van der Waals surface area (Å²) in [5.41, 5.74) is 5.06. The third-order valence-electron chi connectivity index (χ3n) is 6.65. The largest absolute Gasteiger partial charge is 0.354 e. The third-order valence-corrected chi connectivity index (χ3v) is 8.03. The Hall–Kier alpha value is -5.29. The fourth-order valence-corrected chi connectivity index (χ4v) is 5.70. The van der Waals surface area contributed by atoms with Crippen LogP contribution < -0.4 is 15.4 Å². The molecule has 10 nitrogen and oxygen atoms in total. The Morgan fingerprint density at radius 1 is 0.805 bits per heavy atom. The summed E-state index contributed by atoms with van der Waals surface area (Å²) in [6.07, 6.45) is 1.44. The number of fused-ring (bicyclic) bond motifs is 1. The van der Waals surface area contributed by atoms with Gasteiger partial charge in [0.25, 0.3) is 15.9 Å².